The highest BCUT2D eigenvalue weighted by Gasteiger charge is 2.25. The van der Waals surface area contributed by atoms with Crippen molar-refractivity contribution < 1.29 is 14.0 Å². The molecule has 2 aromatic heterocycles. The monoisotopic (exact) mass is 463 g/mol. The number of amides is 2. The summed E-state index contributed by atoms with van der Waals surface area (Å²) < 4.78 is 16.2. The predicted molar refractivity (Wildman–Crippen MR) is 126 cm³/mol. The zero-order valence-electron chi connectivity index (χ0n) is 18.9. The lowest BCUT2D eigenvalue weighted by molar-refractivity contribution is -0.130. The molecule has 3 aromatic rings. The van der Waals surface area contributed by atoms with Gasteiger partial charge < -0.3 is 20.4 Å². The van der Waals surface area contributed by atoms with E-state index in [1.54, 1.807) is 41.2 Å². The Kier molecular flexibility index (Phi) is 5.87. The van der Waals surface area contributed by atoms with Crippen molar-refractivity contribution in [2.75, 3.05) is 37.3 Å². The number of carbonyl (C=O) groups is 2. The third-order valence-electron chi connectivity index (χ3n) is 6.21. The van der Waals surface area contributed by atoms with Gasteiger partial charge in [0, 0.05) is 38.9 Å². The molecule has 1 fully saturated rings. The number of rotatable bonds is 6. The minimum absolute atomic E-state index is 0.0462. The van der Waals surface area contributed by atoms with Crippen LogP contribution in [0.2, 0.25) is 0 Å². The van der Waals surface area contributed by atoms with Crippen molar-refractivity contribution in [3.63, 3.8) is 0 Å². The highest BCUT2D eigenvalue weighted by Crippen LogP contribution is 2.30. The summed E-state index contributed by atoms with van der Waals surface area (Å²) in [6.07, 6.45) is 7.27. The normalized spacial score (nSPS) is 15.4. The Morgan fingerprint density at radius 2 is 1.94 bits per heavy atom. The van der Waals surface area contributed by atoms with Gasteiger partial charge >= 0.3 is 0 Å². The number of hydrogen-bond acceptors (Lipinski definition) is 6. The fourth-order valence-electron chi connectivity index (χ4n) is 4.36. The molecule has 9 nitrogen and oxygen atoms in total. The Bertz CT molecular complexity index is 1240. The number of aromatic nitrogens is 3. The van der Waals surface area contributed by atoms with Crippen molar-refractivity contribution >= 4 is 34.7 Å². The summed E-state index contributed by atoms with van der Waals surface area (Å²) in [6.45, 7) is 2.43. The quantitative estimate of drug-likeness (QED) is 0.583. The van der Waals surface area contributed by atoms with Crippen LogP contribution in [0.25, 0.3) is 0 Å². The topological polar surface area (TPSA) is 95.4 Å². The smallest absolute Gasteiger partial charge is 0.255 e. The van der Waals surface area contributed by atoms with E-state index in [1.807, 2.05) is 17.0 Å². The summed E-state index contributed by atoms with van der Waals surface area (Å²) in [7, 11) is 1.76. The van der Waals surface area contributed by atoms with Gasteiger partial charge in [-0.1, -0.05) is 12.1 Å². The highest BCUT2D eigenvalue weighted by molar-refractivity contribution is 6.02. The number of likely N-dealkylation sites (N-methyl/N-ethyl adjacent to an activating group) is 1. The standard InChI is InChI=1S/C24H26FN7O2/c1-30-10-7-16-5-4-6-19(23(16)24(30)34)29-20-11-21(26-13-18(20)25)28-17-12-27-32(14-17)15-22(33)31-8-2-3-9-31/h4-6,11-14H,2-3,7-10,15H2,1H3,(H2,26,28,29). The van der Waals surface area contributed by atoms with Crippen LogP contribution in [0, 0.1) is 5.82 Å². The van der Waals surface area contributed by atoms with Gasteiger partial charge in [-0.05, 0) is 30.9 Å². The average Bonchev–Trinajstić information content (AvgIpc) is 3.51. The van der Waals surface area contributed by atoms with Gasteiger partial charge in [0.05, 0.1) is 35.0 Å². The molecular formula is C24H26FN7O2. The van der Waals surface area contributed by atoms with Crippen molar-refractivity contribution in [1.29, 1.82) is 0 Å². The molecule has 2 aliphatic heterocycles. The van der Waals surface area contributed by atoms with Crippen LogP contribution in [-0.4, -0.2) is 63.1 Å². The molecular weight excluding hydrogens is 437 g/mol. The van der Waals surface area contributed by atoms with Gasteiger partial charge in [-0.2, -0.15) is 5.10 Å². The molecule has 34 heavy (non-hydrogen) atoms. The lowest BCUT2D eigenvalue weighted by Gasteiger charge is -2.27. The molecule has 2 N–H and O–H groups in total. The van der Waals surface area contributed by atoms with E-state index in [2.05, 4.69) is 20.7 Å². The predicted octanol–water partition coefficient (Wildman–Crippen LogP) is 3.15. The van der Waals surface area contributed by atoms with E-state index in [0.717, 1.165) is 44.1 Å². The number of nitrogens with one attached hydrogen (secondary N) is 2. The minimum Gasteiger partial charge on any atom is -0.352 e. The number of hydrogen-bond donors (Lipinski definition) is 2. The zero-order valence-corrected chi connectivity index (χ0v) is 18.9. The summed E-state index contributed by atoms with van der Waals surface area (Å²) in [6, 6.07) is 7.09. The number of likely N-dealkylation sites (tertiary alicyclic amines) is 1. The van der Waals surface area contributed by atoms with Crippen LogP contribution < -0.4 is 10.6 Å². The van der Waals surface area contributed by atoms with Crippen LogP contribution in [0.1, 0.15) is 28.8 Å². The van der Waals surface area contributed by atoms with Crippen LogP contribution in [0.15, 0.2) is 42.9 Å². The van der Waals surface area contributed by atoms with E-state index in [-0.39, 0.29) is 24.0 Å². The summed E-state index contributed by atoms with van der Waals surface area (Å²) in [5, 5.41) is 10.4. The molecule has 0 unspecified atom stereocenters. The zero-order chi connectivity index (χ0) is 23.7. The number of halogens is 1. The summed E-state index contributed by atoms with van der Waals surface area (Å²) in [4.78, 5) is 32.7. The lowest BCUT2D eigenvalue weighted by atomic mass is 9.97. The van der Waals surface area contributed by atoms with Gasteiger partial charge in [0.2, 0.25) is 5.91 Å². The van der Waals surface area contributed by atoms with E-state index in [4.69, 9.17) is 0 Å². The Labute approximate surface area is 196 Å². The molecule has 0 bridgehead atoms. The fraction of sp³-hybridized carbons (Fsp3) is 0.333. The Morgan fingerprint density at radius 3 is 2.76 bits per heavy atom. The second-order valence-corrected chi connectivity index (χ2v) is 8.63. The first-order valence-electron chi connectivity index (χ1n) is 11.3. The SMILES string of the molecule is CN1CCc2cccc(Nc3cc(Nc4cnn(CC(=O)N5CCCC5)c4)ncc3F)c2C1=O. The number of pyridine rings is 1. The van der Waals surface area contributed by atoms with Crippen molar-refractivity contribution in [3.05, 3.63) is 59.8 Å². The van der Waals surface area contributed by atoms with Crippen molar-refractivity contribution in [1.82, 2.24) is 24.6 Å². The summed E-state index contributed by atoms with van der Waals surface area (Å²) in [5.74, 6) is -0.174. The first-order chi connectivity index (χ1) is 16.5. The maximum absolute atomic E-state index is 14.6. The summed E-state index contributed by atoms with van der Waals surface area (Å²) >= 11 is 0. The molecule has 0 radical (unpaired) electrons. The molecule has 0 spiro atoms. The van der Waals surface area contributed by atoms with Crippen molar-refractivity contribution in [2.45, 2.75) is 25.8 Å². The van der Waals surface area contributed by atoms with Crippen LogP contribution in [0.5, 0.6) is 0 Å². The van der Waals surface area contributed by atoms with Crippen LogP contribution in [0.3, 0.4) is 0 Å². The second-order valence-electron chi connectivity index (χ2n) is 8.63. The van der Waals surface area contributed by atoms with Gasteiger partial charge in [0.25, 0.3) is 5.91 Å². The number of nitrogens with zero attached hydrogens (tertiary/aromatic N) is 5. The lowest BCUT2D eigenvalue weighted by Crippen LogP contribution is -2.34. The molecule has 4 heterocycles. The molecule has 0 aliphatic carbocycles. The highest BCUT2D eigenvalue weighted by atomic mass is 19.1. The fourth-order valence-corrected chi connectivity index (χ4v) is 4.36. The molecule has 2 aliphatic rings. The number of carbonyl (C=O) groups excluding carboxylic acids is 2. The van der Waals surface area contributed by atoms with Gasteiger partial charge in [0.15, 0.2) is 5.82 Å². The molecule has 10 heteroatoms. The van der Waals surface area contributed by atoms with Crippen LogP contribution >= 0.6 is 0 Å². The first kappa shape index (κ1) is 21.9. The Morgan fingerprint density at radius 1 is 1.12 bits per heavy atom. The van der Waals surface area contributed by atoms with E-state index >= 15 is 0 Å². The van der Waals surface area contributed by atoms with E-state index in [1.165, 1.54) is 0 Å². The molecule has 1 saturated heterocycles. The Hall–Kier alpha value is -3.95. The van der Waals surface area contributed by atoms with Crippen molar-refractivity contribution in [2.24, 2.45) is 0 Å². The first-order valence-corrected chi connectivity index (χ1v) is 11.3. The molecule has 1 aromatic carbocycles. The maximum Gasteiger partial charge on any atom is 0.255 e. The third kappa shape index (κ3) is 4.43. The second kappa shape index (κ2) is 9.12. The number of benzene rings is 1. The number of anilines is 4. The van der Waals surface area contributed by atoms with E-state index < -0.39 is 5.82 Å². The van der Waals surface area contributed by atoms with Crippen LogP contribution in [-0.2, 0) is 17.8 Å². The molecule has 176 valence electrons. The third-order valence-corrected chi connectivity index (χ3v) is 6.21. The molecule has 2 amide bonds. The Balaban J connectivity index is 1.31. The number of fused-ring (bicyclic) bond motifs is 1. The van der Waals surface area contributed by atoms with Gasteiger partial charge in [-0.15, -0.1) is 0 Å². The molecule has 0 saturated carbocycles. The minimum atomic E-state index is -0.535. The largest absolute Gasteiger partial charge is 0.352 e. The van der Waals surface area contributed by atoms with Gasteiger partial charge in [-0.3, -0.25) is 14.3 Å². The molecule has 0 atom stereocenters. The molecule has 5 rings (SSSR count). The van der Waals surface area contributed by atoms with Crippen LogP contribution in [0.4, 0.5) is 27.3 Å². The van der Waals surface area contributed by atoms with E-state index in [9.17, 15) is 14.0 Å². The average molecular weight is 464 g/mol. The van der Waals surface area contributed by atoms with Crippen molar-refractivity contribution in [3.8, 4) is 0 Å². The maximum atomic E-state index is 14.6. The van der Waals surface area contributed by atoms with Gasteiger partial charge in [0.1, 0.15) is 12.4 Å². The van der Waals surface area contributed by atoms with E-state index in [0.29, 0.717) is 29.3 Å². The van der Waals surface area contributed by atoms with Gasteiger partial charge in [-0.25, -0.2) is 9.37 Å². The summed E-state index contributed by atoms with van der Waals surface area (Å²) in [5.41, 5.74) is 2.89.